The van der Waals surface area contributed by atoms with Gasteiger partial charge < -0.3 is 9.64 Å². The second kappa shape index (κ2) is 4.80. The van der Waals surface area contributed by atoms with Crippen molar-refractivity contribution in [2.24, 2.45) is 0 Å². The minimum absolute atomic E-state index is 0.194. The summed E-state index contributed by atoms with van der Waals surface area (Å²) in [5.74, 6) is 0.776. The Bertz CT molecular complexity index is 526. The molecule has 108 valence electrons. The fraction of sp³-hybridized carbons (Fsp3) is 0.588. The standard InChI is InChI=1S/C17H23NO2/c1-17(2,3)20-16(19)18-10-9-15-13(11-18)5-4-6-14(15)12-7-8-12/h4-6,12H,7-11H2,1-3H3. The van der Waals surface area contributed by atoms with Gasteiger partial charge in [0, 0.05) is 13.1 Å². The lowest BCUT2D eigenvalue weighted by Gasteiger charge is -2.32. The molecular formula is C17H23NO2. The fourth-order valence-electron chi connectivity index (χ4n) is 2.90. The first-order valence-corrected chi connectivity index (χ1v) is 7.52. The van der Waals surface area contributed by atoms with E-state index in [4.69, 9.17) is 4.74 Å². The molecule has 1 aliphatic heterocycles. The Morgan fingerprint density at radius 3 is 2.70 bits per heavy atom. The molecule has 0 radical (unpaired) electrons. The summed E-state index contributed by atoms with van der Waals surface area (Å²) in [7, 11) is 0. The Kier molecular flexibility index (Phi) is 3.23. The number of carbonyl (C=O) groups excluding carboxylic acids is 1. The van der Waals surface area contributed by atoms with Crippen LogP contribution < -0.4 is 0 Å². The monoisotopic (exact) mass is 273 g/mol. The third kappa shape index (κ3) is 2.82. The van der Waals surface area contributed by atoms with Crippen LogP contribution in [-0.4, -0.2) is 23.1 Å². The number of hydrogen-bond donors (Lipinski definition) is 0. The first-order valence-electron chi connectivity index (χ1n) is 7.52. The van der Waals surface area contributed by atoms with Crippen molar-refractivity contribution >= 4 is 6.09 Å². The van der Waals surface area contributed by atoms with E-state index >= 15 is 0 Å². The van der Waals surface area contributed by atoms with Crippen LogP contribution in [-0.2, 0) is 17.7 Å². The fourth-order valence-corrected chi connectivity index (χ4v) is 2.90. The second-order valence-corrected chi connectivity index (χ2v) is 6.91. The van der Waals surface area contributed by atoms with E-state index in [1.54, 1.807) is 0 Å². The molecular weight excluding hydrogens is 250 g/mol. The van der Waals surface area contributed by atoms with E-state index in [2.05, 4.69) is 18.2 Å². The summed E-state index contributed by atoms with van der Waals surface area (Å²) in [6.45, 7) is 7.19. The van der Waals surface area contributed by atoms with Gasteiger partial charge in [0.05, 0.1) is 0 Å². The maximum atomic E-state index is 12.2. The molecule has 1 aromatic carbocycles. The van der Waals surface area contributed by atoms with Gasteiger partial charge in [0.2, 0.25) is 0 Å². The summed E-state index contributed by atoms with van der Waals surface area (Å²) in [5, 5.41) is 0. The SMILES string of the molecule is CC(C)(C)OC(=O)N1CCc2c(cccc2C2CC2)C1. The highest BCUT2D eigenvalue weighted by Gasteiger charge is 2.31. The zero-order chi connectivity index (χ0) is 14.3. The molecule has 3 nitrogen and oxygen atoms in total. The van der Waals surface area contributed by atoms with Gasteiger partial charge in [-0.3, -0.25) is 0 Å². The van der Waals surface area contributed by atoms with Crippen molar-refractivity contribution in [1.29, 1.82) is 0 Å². The highest BCUT2D eigenvalue weighted by molar-refractivity contribution is 5.68. The van der Waals surface area contributed by atoms with Gasteiger partial charge in [0.15, 0.2) is 0 Å². The van der Waals surface area contributed by atoms with E-state index in [1.807, 2.05) is 25.7 Å². The summed E-state index contributed by atoms with van der Waals surface area (Å²) in [6.07, 6.45) is 3.42. The quantitative estimate of drug-likeness (QED) is 0.777. The first kappa shape index (κ1) is 13.5. The van der Waals surface area contributed by atoms with Crippen LogP contribution in [0.3, 0.4) is 0 Å². The van der Waals surface area contributed by atoms with Gasteiger partial charge in [-0.1, -0.05) is 18.2 Å². The first-order chi connectivity index (χ1) is 9.44. The second-order valence-electron chi connectivity index (χ2n) is 6.91. The predicted molar refractivity (Wildman–Crippen MR) is 78.8 cm³/mol. The van der Waals surface area contributed by atoms with Crippen LogP contribution in [0.15, 0.2) is 18.2 Å². The lowest BCUT2D eigenvalue weighted by Crippen LogP contribution is -2.40. The van der Waals surface area contributed by atoms with Crippen molar-refractivity contribution in [2.45, 2.75) is 58.1 Å². The van der Waals surface area contributed by atoms with Gasteiger partial charge in [-0.2, -0.15) is 0 Å². The van der Waals surface area contributed by atoms with Crippen LogP contribution in [0.25, 0.3) is 0 Å². The molecule has 0 unspecified atom stereocenters. The molecule has 0 aromatic heterocycles. The van der Waals surface area contributed by atoms with E-state index in [9.17, 15) is 4.79 Å². The summed E-state index contributed by atoms with van der Waals surface area (Å²) in [4.78, 5) is 14.0. The van der Waals surface area contributed by atoms with E-state index in [1.165, 1.54) is 29.5 Å². The van der Waals surface area contributed by atoms with Gasteiger partial charge >= 0.3 is 6.09 Å². The number of ether oxygens (including phenoxy) is 1. The molecule has 20 heavy (non-hydrogen) atoms. The Labute approximate surface area is 120 Å². The van der Waals surface area contributed by atoms with Gasteiger partial charge in [-0.15, -0.1) is 0 Å². The van der Waals surface area contributed by atoms with Gasteiger partial charge in [-0.25, -0.2) is 4.79 Å². The van der Waals surface area contributed by atoms with Gasteiger partial charge in [0.25, 0.3) is 0 Å². The van der Waals surface area contributed by atoms with E-state index in [0.29, 0.717) is 6.54 Å². The Hall–Kier alpha value is -1.51. The number of fused-ring (bicyclic) bond motifs is 1. The minimum atomic E-state index is -0.423. The number of carbonyl (C=O) groups is 1. The van der Waals surface area contributed by atoms with Crippen LogP contribution >= 0.6 is 0 Å². The van der Waals surface area contributed by atoms with Gasteiger partial charge in [-0.05, 0) is 62.6 Å². The number of amides is 1. The zero-order valence-corrected chi connectivity index (χ0v) is 12.6. The van der Waals surface area contributed by atoms with Crippen LogP contribution in [0.2, 0.25) is 0 Å². The van der Waals surface area contributed by atoms with E-state index < -0.39 is 5.60 Å². The van der Waals surface area contributed by atoms with Crippen LogP contribution in [0, 0.1) is 0 Å². The zero-order valence-electron chi connectivity index (χ0n) is 12.6. The Balaban J connectivity index is 1.75. The highest BCUT2D eigenvalue weighted by Crippen LogP contribution is 2.43. The van der Waals surface area contributed by atoms with Crippen LogP contribution in [0.4, 0.5) is 4.79 Å². The molecule has 3 rings (SSSR count). The molecule has 1 amide bonds. The lowest BCUT2D eigenvalue weighted by molar-refractivity contribution is 0.0223. The van der Waals surface area contributed by atoms with Crippen LogP contribution in [0.1, 0.15) is 56.2 Å². The molecule has 1 saturated carbocycles. The molecule has 0 bridgehead atoms. The number of benzene rings is 1. The van der Waals surface area contributed by atoms with Crippen molar-refractivity contribution < 1.29 is 9.53 Å². The van der Waals surface area contributed by atoms with Crippen molar-refractivity contribution in [3.8, 4) is 0 Å². The molecule has 0 saturated heterocycles. The molecule has 2 aliphatic rings. The predicted octanol–water partition coefficient (Wildman–Crippen LogP) is 3.86. The number of hydrogen-bond acceptors (Lipinski definition) is 2. The summed E-state index contributed by atoms with van der Waals surface area (Å²) >= 11 is 0. The van der Waals surface area contributed by atoms with Crippen molar-refractivity contribution in [3.05, 3.63) is 34.9 Å². The topological polar surface area (TPSA) is 29.5 Å². The molecule has 1 aliphatic carbocycles. The summed E-state index contributed by atoms with van der Waals surface area (Å²) in [5.41, 5.74) is 3.88. The Morgan fingerprint density at radius 1 is 1.30 bits per heavy atom. The average molecular weight is 273 g/mol. The largest absolute Gasteiger partial charge is 0.444 e. The van der Waals surface area contributed by atoms with Crippen LogP contribution in [0.5, 0.6) is 0 Å². The lowest BCUT2D eigenvalue weighted by atomic mass is 9.92. The molecule has 3 heteroatoms. The molecule has 0 atom stereocenters. The van der Waals surface area contributed by atoms with Crippen molar-refractivity contribution in [2.75, 3.05) is 6.54 Å². The third-order valence-electron chi connectivity index (χ3n) is 3.97. The summed E-state index contributed by atoms with van der Waals surface area (Å²) in [6, 6.07) is 6.54. The average Bonchev–Trinajstić information content (AvgIpc) is 3.19. The molecule has 1 aromatic rings. The summed E-state index contributed by atoms with van der Waals surface area (Å²) < 4.78 is 5.47. The molecule has 1 heterocycles. The maximum absolute atomic E-state index is 12.2. The van der Waals surface area contributed by atoms with Crippen molar-refractivity contribution in [1.82, 2.24) is 4.90 Å². The van der Waals surface area contributed by atoms with Crippen molar-refractivity contribution in [3.63, 3.8) is 0 Å². The Morgan fingerprint density at radius 2 is 2.05 bits per heavy atom. The van der Waals surface area contributed by atoms with E-state index in [0.717, 1.165) is 18.9 Å². The molecule has 0 spiro atoms. The normalized spacial score (nSPS) is 18.6. The highest BCUT2D eigenvalue weighted by atomic mass is 16.6. The number of nitrogens with zero attached hydrogens (tertiary/aromatic N) is 1. The smallest absolute Gasteiger partial charge is 0.410 e. The third-order valence-corrected chi connectivity index (χ3v) is 3.97. The molecule has 1 fully saturated rings. The maximum Gasteiger partial charge on any atom is 0.410 e. The van der Waals surface area contributed by atoms with E-state index in [-0.39, 0.29) is 6.09 Å². The van der Waals surface area contributed by atoms with Gasteiger partial charge in [0.1, 0.15) is 5.60 Å². The molecule has 0 N–H and O–H groups in total. The minimum Gasteiger partial charge on any atom is -0.444 e. The number of rotatable bonds is 1.